The first kappa shape index (κ1) is 18.4. The van der Waals surface area contributed by atoms with E-state index < -0.39 is 10.8 Å². The molecule has 2 N–H and O–H groups in total. The molecule has 8 heteroatoms. The second kappa shape index (κ2) is 8.31. The third-order valence-corrected chi connectivity index (χ3v) is 4.37. The third-order valence-electron chi connectivity index (χ3n) is 4.37. The molecule has 0 bridgehead atoms. The zero-order valence-electron chi connectivity index (χ0n) is 14.7. The Kier molecular flexibility index (Phi) is 5.65. The zero-order valence-corrected chi connectivity index (χ0v) is 14.7. The topological polar surface area (TPSA) is 105 Å². The number of hydrogen-bond donors (Lipinski definition) is 2. The molecule has 1 fully saturated rings. The molecule has 27 heavy (non-hydrogen) atoms. The Balaban J connectivity index is 1.70. The van der Waals surface area contributed by atoms with Gasteiger partial charge in [-0.2, -0.15) is 0 Å². The lowest BCUT2D eigenvalue weighted by Gasteiger charge is -2.15. The molecule has 0 saturated carbocycles. The molecular weight excluding hydrogens is 348 g/mol. The fraction of sp³-hybridized carbons (Fsp3) is 0.263. The summed E-state index contributed by atoms with van der Waals surface area (Å²) in [7, 11) is 0. The van der Waals surface area contributed by atoms with E-state index in [0.717, 1.165) is 12.8 Å². The van der Waals surface area contributed by atoms with E-state index in [-0.39, 0.29) is 29.4 Å². The molecule has 1 heterocycles. The van der Waals surface area contributed by atoms with Crippen LogP contribution < -0.4 is 10.6 Å². The van der Waals surface area contributed by atoms with E-state index >= 15 is 0 Å². The molecule has 1 aliphatic heterocycles. The maximum Gasteiger partial charge on any atom is 0.293 e. The van der Waals surface area contributed by atoms with Gasteiger partial charge >= 0.3 is 0 Å². The fourth-order valence-corrected chi connectivity index (χ4v) is 2.94. The average molecular weight is 368 g/mol. The van der Waals surface area contributed by atoms with Gasteiger partial charge in [0.1, 0.15) is 5.69 Å². The summed E-state index contributed by atoms with van der Waals surface area (Å²) in [6.45, 7) is 1.30. The SMILES string of the molecule is O=C(NCC(=O)N1CCCC1)c1ccc(Nc2ccccc2)c([N+](=O)[O-])c1. The van der Waals surface area contributed by atoms with Crippen molar-refractivity contribution in [3.05, 3.63) is 64.2 Å². The number of carbonyl (C=O) groups excluding carboxylic acids is 2. The number of para-hydroxylation sites is 1. The van der Waals surface area contributed by atoms with E-state index in [1.54, 1.807) is 17.0 Å². The van der Waals surface area contributed by atoms with Gasteiger partial charge in [-0.1, -0.05) is 18.2 Å². The van der Waals surface area contributed by atoms with Gasteiger partial charge in [0.15, 0.2) is 0 Å². The Morgan fingerprint density at radius 1 is 1.07 bits per heavy atom. The summed E-state index contributed by atoms with van der Waals surface area (Å²) in [6, 6.07) is 13.2. The maximum absolute atomic E-state index is 12.3. The van der Waals surface area contributed by atoms with E-state index in [4.69, 9.17) is 0 Å². The number of nitrogens with one attached hydrogen (secondary N) is 2. The Morgan fingerprint density at radius 3 is 2.44 bits per heavy atom. The van der Waals surface area contributed by atoms with E-state index in [9.17, 15) is 19.7 Å². The standard InChI is InChI=1S/C19H20N4O4/c24-18(22-10-4-5-11-22)13-20-19(25)14-8-9-16(17(12-14)23(26)27)21-15-6-2-1-3-7-15/h1-3,6-9,12,21H,4-5,10-11,13H2,(H,20,25). The van der Waals surface area contributed by atoms with E-state index in [1.807, 2.05) is 18.2 Å². The molecule has 3 rings (SSSR count). The smallest absolute Gasteiger partial charge is 0.293 e. The van der Waals surface area contributed by atoms with Crippen molar-refractivity contribution in [3.8, 4) is 0 Å². The predicted molar refractivity (Wildman–Crippen MR) is 101 cm³/mol. The third kappa shape index (κ3) is 4.60. The molecule has 8 nitrogen and oxygen atoms in total. The van der Waals surface area contributed by atoms with Crippen molar-refractivity contribution in [3.63, 3.8) is 0 Å². The first-order valence-corrected chi connectivity index (χ1v) is 8.71. The monoisotopic (exact) mass is 368 g/mol. The predicted octanol–water partition coefficient (Wildman–Crippen LogP) is 2.69. The first-order chi connectivity index (χ1) is 13.0. The van der Waals surface area contributed by atoms with Crippen LogP contribution in [0, 0.1) is 10.1 Å². The lowest BCUT2D eigenvalue weighted by molar-refractivity contribution is -0.383. The van der Waals surface area contributed by atoms with Crippen LogP contribution in [0.25, 0.3) is 0 Å². The second-order valence-corrected chi connectivity index (χ2v) is 6.25. The van der Waals surface area contributed by atoms with Crippen molar-refractivity contribution in [2.24, 2.45) is 0 Å². The van der Waals surface area contributed by atoms with Gasteiger partial charge in [-0.3, -0.25) is 19.7 Å². The minimum absolute atomic E-state index is 0.114. The van der Waals surface area contributed by atoms with Crippen LogP contribution in [0.4, 0.5) is 17.1 Å². The van der Waals surface area contributed by atoms with Gasteiger partial charge in [0.2, 0.25) is 5.91 Å². The summed E-state index contributed by atoms with van der Waals surface area (Å²) in [5.41, 5.74) is 0.914. The molecular formula is C19H20N4O4. The van der Waals surface area contributed by atoms with Crippen LogP contribution >= 0.6 is 0 Å². The minimum Gasteiger partial charge on any atom is -0.350 e. The second-order valence-electron chi connectivity index (χ2n) is 6.25. The van der Waals surface area contributed by atoms with Gasteiger partial charge in [-0.05, 0) is 37.1 Å². The average Bonchev–Trinajstić information content (AvgIpc) is 3.21. The molecule has 1 aliphatic rings. The molecule has 2 aromatic rings. The largest absolute Gasteiger partial charge is 0.350 e. The summed E-state index contributed by atoms with van der Waals surface area (Å²) in [5.74, 6) is -0.658. The highest BCUT2D eigenvalue weighted by Crippen LogP contribution is 2.28. The van der Waals surface area contributed by atoms with E-state index in [0.29, 0.717) is 18.8 Å². The lowest BCUT2D eigenvalue weighted by Crippen LogP contribution is -2.38. The molecule has 0 unspecified atom stereocenters. The summed E-state index contributed by atoms with van der Waals surface area (Å²) < 4.78 is 0. The summed E-state index contributed by atoms with van der Waals surface area (Å²) in [6.07, 6.45) is 1.95. The van der Waals surface area contributed by atoms with Crippen LogP contribution in [0.3, 0.4) is 0 Å². The number of carbonyl (C=O) groups is 2. The Morgan fingerprint density at radius 2 is 1.78 bits per heavy atom. The first-order valence-electron chi connectivity index (χ1n) is 8.71. The number of nitro benzene ring substituents is 1. The molecule has 0 spiro atoms. The van der Waals surface area contributed by atoms with Gasteiger partial charge in [0.05, 0.1) is 11.5 Å². The van der Waals surface area contributed by atoms with Crippen LogP contribution in [0.1, 0.15) is 23.2 Å². The highest BCUT2D eigenvalue weighted by molar-refractivity contribution is 5.97. The molecule has 0 radical (unpaired) electrons. The van der Waals surface area contributed by atoms with Crippen LogP contribution in [0.5, 0.6) is 0 Å². The number of hydrogen-bond acceptors (Lipinski definition) is 5. The number of benzene rings is 2. The normalized spacial score (nSPS) is 13.3. The molecule has 0 aliphatic carbocycles. The van der Waals surface area contributed by atoms with Crippen LogP contribution in [0.2, 0.25) is 0 Å². The summed E-state index contributed by atoms with van der Waals surface area (Å²) >= 11 is 0. The van der Waals surface area contributed by atoms with Gasteiger partial charge in [-0.25, -0.2) is 0 Å². The van der Waals surface area contributed by atoms with Crippen LogP contribution in [0.15, 0.2) is 48.5 Å². The molecule has 2 aromatic carbocycles. The lowest BCUT2D eigenvalue weighted by atomic mass is 10.1. The maximum atomic E-state index is 12.3. The number of amides is 2. The summed E-state index contributed by atoms with van der Waals surface area (Å²) in [5, 5.41) is 16.9. The van der Waals surface area contributed by atoms with Crippen molar-refractivity contribution < 1.29 is 14.5 Å². The zero-order chi connectivity index (χ0) is 19.2. The van der Waals surface area contributed by atoms with Crippen LogP contribution in [-0.2, 0) is 4.79 Å². The van der Waals surface area contributed by atoms with Crippen molar-refractivity contribution >= 4 is 28.9 Å². The van der Waals surface area contributed by atoms with Gasteiger partial charge in [0, 0.05) is 30.4 Å². The number of nitro groups is 1. The van der Waals surface area contributed by atoms with Gasteiger partial charge in [0.25, 0.3) is 11.6 Å². The van der Waals surface area contributed by atoms with Crippen LogP contribution in [-0.4, -0.2) is 41.3 Å². The van der Waals surface area contributed by atoms with E-state index in [2.05, 4.69) is 10.6 Å². The Hall–Kier alpha value is -3.42. The van der Waals surface area contributed by atoms with Gasteiger partial charge < -0.3 is 15.5 Å². The number of anilines is 2. The minimum atomic E-state index is -0.544. The number of likely N-dealkylation sites (tertiary alicyclic amines) is 1. The Labute approximate surface area is 156 Å². The van der Waals surface area contributed by atoms with Crippen molar-refractivity contribution in [1.29, 1.82) is 0 Å². The van der Waals surface area contributed by atoms with Gasteiger partial charge in [-0.15, -0.1) is 0 Å². The van der Waals surface area contributed by atoms with Crippen molar-refractivity contribution in [2.75, 3.05) is 25.0 Å². The number of rotatable bonds is 6. The fourth-order valence-electron chi connectivity index (χ4n) is 2.94. The van der Waals surface area contributed by atoms with E-state index in [1.165, 1.54) is 18.2 Å². The molecule has 140 valence electrons. The molecule has 1 saturated heterocycles. The molecule has 0 atom stereocenters. The Bertz CT molecular complexity index is 848. The number of nitrogens with zero attached hydrogens (tertiary/aromatic N) is 2. The highest BCUT2D eigenvalue weighted by Gasteiger charge is 2.20. The molecule has 0 aromatic heterocycles. The van der Waals surface area contributed by atoms with Crippen molar-refractivity contribution in [1.82, 2.24) is 10.2 Å². The quantitative estimate of drug-likeness (QED) is 0.602. The highest BCUT2D eigenvalue weighted by atomic mass is 16.6. The summed E-state index contributed by atoms with van der Waals surface area (Å²) in [4.78, 5) is 36.8. The van der Waals surface area contributed by atoms with Crippen molar-refractivity contribution in [2.45, 2.75) is 12.8 Å². The molecule has 2 amide bonds.